The highest BCUT2D eigenvalue weighted by Gasteiger charge is 2.25. The molecule has 0 bridgehead atoms. The minimum atomic E-state index is -0.224. The van der Waals surface area contributed by atoms with E-state index in [2.05, 4.69) is 11.8 Å². The molecule has 2 atom stereocenters. The van der Waals surface area contributed by atoms with E-state index in [4.69, 9.17) is 23.2 Å². The number of alkyl halides is 1. The van der Waals surface area contributed by atoms with Crippen LogP contribution in [0.25, 0.3) is 0 Å². The summed E-state index contributed by atoms with van der Waals surface area (Å²) in [6, 6.07) is 4.82. The van der Waals surface area contributed by atoms with Gasteiger partial charge in [0.25, 0.3) is 0 Å². The second-order valence-electron chi connectivity index (χ2n) is 4.72. The highest BCUT2D eigenvalue weighted by molar-refractivity contribution is 6.31. The molecule has 1 saturated heterocycles. The summed E-state index contributed by atoms with van der Waals surface area (Å²) in [7, 11) is 0. The Bertz CT molecular complexity index is 377. The first-order valence-electron chi connectivity index (χ1n) is 5.87. The van der Waals surface area contributed by atoms with Crippen LogP contribution in [0.1, 0.15) is 18.9 Å². The highest BCUT2D eigenvalue weighted by Crippen LogP contribution is 2.26. The number of halogens is 3. The average Bonchev–Trinajstić information content (AvgIpc) is 2.28. The molecular weight excluding hydrogens is 260 g/mol. The van der Waals surface area contributed by atoms with E-state index in [1.165, 1.54) is 6.07 Å². The van der Waals surface area contributed by atoms with Crippen LogP contribution in [0.3, 0.4) is 0 Å². The number of nitrogens with zero attached hydrogens (tertiary/aromatic N) is 1. The van der Waals surface area contributed by atoms with Gasteiger partial charge in [0.1, 0.15) is 5.82 Å². The Balaban J connectivity index is 2.06. The SMILES string of the molecule is CC1CN(Cc2c(F)cccc2Cl)CCC1Cl. The van der Waals surface area contributed by atoms with Crippen molar-refractivity contribution in [1.29, 1.82) is 0 Å². The molecule has 1 aromatic carbocycles. The van der Waals surface area contributed by atoms with E-state index in [0.717, 1.165) is 19.5 Å². The van der Waals surface area contributed by atoms with Crippen molar-refractivity contribution in [2.75, 3.05) is 13.1 Å². The number of benzene rings is 1. The van der Waals surface area contributed by atoms with E-state index in [9.17, 15) is 4.39 Å². The Kier molecular flexibility index (Phi) is 4.29. The maximum absolute atomic E-state index is 13.6. The van der Waals surface area contributed by atoms with Gasteiger partial charge in [0.2, 0.25) is 0 Å². The zero-order valence-corrected chi connectivity index (χ0v) is 11.3. The number of hydrogen-bond donors (Lipinski definition) is 0. The van der Waals surface area contributed by atoms with Gasteiger partial charge >= 0.3 is 0 Å². The first-order valence-corrected chi connectivity index (χ1v) is 6.68. The molecule has 0 saturated carbocycles. The number of likely N-dealkylation sites (tertiary alicyclic amines) is 1. The molecule has 1 aromatic rings. The molecule has 1 heterocycles. The van der Waals surface area contributed by atoms with E-state index < -0.39 is 0 Å². The van der Waals surface area contributed by atoms with Crippen LogP contribution in [0.5, 0.6) is 0 Å². The highest BCUT2D eigenvalue weighted by atomic mass is 35.5. The fraction of sp³-hybridized carbons (Fsp3) is 0.538. The van der Waals surface area contributed by atoms with Crippen LogP contribution < -0.4 is 0 Å². The average molecular weight is 276 g/mol. The first kappa shape index (κ1) is 13.1. The maximum Gasteiger partial charge on any atom is 0.129 e. The van der Waals surface area contributed by atoms with E-state index in [1.54, 1.807) is 12.1 Å². The summed E-state index contributed by atoms with van der Waals surface area (Å²) < 4.78 is 13.6. The summed E-state index contributed by atoms with van der Waals surface area (Å²) in [5.41, 5.74) is 0.592. The fourth-order valence-corrected chi connectivity index (χ4v) is 2.65. The Morgan fingerprint density at radius 3 is 2.88 bits per heavy atom. The Morgan fingerprint density at radius 1 is 1.47 bits per heavy atom. The third-order valence-corrected chi connectivity index (χ3v) is 4.33. The van der Waals surface area contributed by atoms with Crippen LogP contribution in [0, 0.1) is 11.7 Å². The summed E-state index contributed by atoms with van der Waals surface area (Å²) in [5.74, 6) is 0.217. The molecule has 2 unspecified atom stereocenters. The van der Waals surface area contributed by atoms with Crippen LogP contribution in [-0.4, -0.2) is 23.4 Å². The van der Waals surface area contributed by atoms with Gasteiger partial charge in [-0.15, -0.1) is 11.6 Å². The van der Waals surface area contributed by atoms with Crippen LogP contribution in [0.2, 0.25) is 5.02 Å². The van der Waals surface area contributed by atoms with Gasteiger partial charge in [-0.1, -0.05) is 24.6 Å². The Labute approximate surface area is 112 Å². The molecule has 1 aliphatic rings. The van der Waals surface area contributed by atoms with Crippen LogP contribution in [0.4, 0.5) is 4.39 Å². The summed E-state index contributed by atoms with van der Waals surface area (Å²) >= 11 is 12.2. The van der Waals surface area contributed by atoms with Crippen molar-refractivity contribution in [3.8, 4) is 0 Å². The van der Waals surface area contributed by atoms with Gasteiger partial charge in [0.05, 0.1) is 0 Å². The summed E-state index contributed by atoms with van der Waals surface area (Å²) in [4.78, 5) is 2.22. The Morgan fingerprint density at radius 2 is 2.24 bits per heavy atom. The predicted octanol–water partition coefficient (Wildman–Crippen LogP) is 3.93. The van der Waals surface area contributed by atoms with E-state index in [-0.39, 0.29) is 11.2 Å². The third-order valence-electron chi connectivity index (χ3n) is 3.33. The minimum absolute atomic E-state index is 0.224. The lowest BCUT2D eigenvalue weighted by molar-refractivity contribution is 0.178. The summed E-state index contributed by atoms with van der Waals surface area (Å²) in [6.45, 7) is 4.51. The normalized spacial score (nSPS) is 26.1. The first-order chi connectivity index (χ1) is 8.08. The minimum Gasteiger partial charge on any atom is -0.299 e. The molecule has 17 heavy (non-hydrogen) atoms. The van der Waals surface area contributed by atoms with Crippen molar-refractivity contribution >= 4 is 23.2 Å². The molecule has 1 fully saturated rings. The summed E-state index contributed by atoms with van der Waals surface area (Å²) in [5, 5.41) is 0.744. The molecule has 0 radical (unpaired) electrons. The molecule has 0 amide bonds. The number of hydrogen-bond acceptors (Lipinski definition) is 1. The molecule has 4 heteroatoms. The zero-order chi connectivity index (χ0) is 12.4. The molecule has 0 aromatic heterocycles. The largest absolute Gasteiger partial charge is 0.299 e. The van der Waals surface area contributed by atoms with E-state index >= 15 is 0 Å². The molecular formula is C13H16Cl2FN. The van der Waals surface area contributed by atoms with Crippen molar-refractivity contribution in [2.45, 2.75) is 25.3 Å². The molecule has 1 aliphatic heterocycles. The second kappa shape index (κ2) is 5.55. The lowest BCUT2D eigenvalue weighted by Crippen LogP contribution is -2.39. The van der Waals surface area contributed by atoms with Crippen LogP contribution >= 0.6 is 23.2 Å². The monoisotopic (exact) mass is 275 g/mol. The van der Waals surface area contributed by atoms with Crippen molar-refractivity contribution in [1.82, 2.24) is 4.90 Å². The van der Waals surface area contributed by atoms with Gasteiger partial charge in [0.15, 0.2) is 0 Å². The zero-order valence-electron chi connectivity index (χ0n) is 9.80. The van der Waals surface area contributed by atoms with Gasteiger partial charge in [-0.05, 0) is 31.0 Å². The lowest BCUT2D eigenvalue weighted by atomic mass is 9.99. The van der Waals surface area contributed by atoms with Crippen molar-refractivity contribution < 1.29 is 4.39 Å². The number of rotatable bonds is 2. The van der Waals surface area contributed by atoms with Gasteiger partial charge < -0.3 is 0 Å². The fourth-order valence-electron chi connectivity index (χ4n) is 2.25. The van der Waals surface area contributed by atoms with Gasteiger partial charge in [0, 0.05) is 29.1 Å². The second-order valence-corrected chi connectivity index (χ2v) is 5.69. The molecule has 0 spiro atoms. The quantitative estimate of drug-likeness (QED) is 0.740. The van der Waals surface area contributed by atoms with Crippen molar-refractivity contribution in [3.63, 3.8) is 0 Å². The van der Waals surface area contributed by atoms with Crippen LogP contribution in [0.15, 0.2) is 18.2 Å². The van der Waals surface area contributed by atoms with Crippen molar-refractivity contribution in [3.05, 3.63) is 34.6 Å². The predicted molar refractivity (Wildman–Crippen MR) is 70.1 cm³/mol. The van der Waals surface area contributed by atoms with Crippen molar-refractivity contribution in [2.24, 2.45) is 5.92 Å². The standard InChI is InChI=1S/C13H16Cl2FN/c1-9-7-17(6-5-11(9)14)8-10-12(15)3-2-4-13(10)16/h2-4,9,11H,5-8H2,1H3. The molecule has 0 N–H and O–H groups in total. The third kappa shape index (κ3) is 3.12. The van der Waals surface area contributed by atoms with E-state index in [0.29, 0.717) is 23.0 Å². The smallest absolute Gasteiger partial charge is 0.129 e. The number of piperidine rings is 1. The summed E-state index contributed by atoms with van der Waals surface area (Å²) in [6.07, 6.45) is 0.953. The van der Waals surface area contributed by atoms with Gasteiger partial charge in [-0.25, -0.2) is 4.39 Å². The lowest BCUT2D eigenvalue weighted by Gasteiger charge is -2.34. The topological polar surface area (TPSA) is 3.24 Å². The van der Waals surface area contributed by atoms with E-state index in [1.807, 2.05) is 0 Å². The molecule has 2 rings (SSSR count). The molecule has 1 nitrogen and oxygen atoms in total. The molecule has 0 aliphatic carbocycles. The maximum atomic E-state index is 13.6. The van der Waals surface area contributed by atoms with Crippen LogP contribution in [-0.2, 0) is 6.54 Å². The van der Waals surface area contributed by atoms with Gasteiger partial charge in [-0.2, -0.15) is 0 Å². The molecule has 94 valence electrons. The van der Waals surface area contributed by atoms with Gasteiger partial charge in [-0.3, -0.25) is 4.90 Å². The Hall–Kier alpha value is -0.310.